The molecule has 4 heterocycles. The van der Waals surface area contributed by atoms with Crippen molar-refractivity contribution in [3.05, 3.63) is 46.1 Å². The second-order valence-electron chi connectivity index (χ2n) is 9.29. The van der Waals surface area contributed by atoms with Gasteiger partial charge in [0.25, 0.3) is 5.91 Å². The maximum absolute atomic E-state index is 13.5. The number of hydrogen-bond acceptors (Lipinski definition) is 7. The molecule has 1 amide bonds. The minimum absolute atomic E-state index is 0.125. The van der Waals surface area contributed by atoms with Crippen LogP contribution in [0.15, 0.2) is 24.5 Å². The minimum atomic E-state index is 0.125. The minimum Gasteiger partial charge on any atom is -0.368 e. The molecule has 2 aliphatic rings. The zero-order chi connectivity index (χ0) is 23.1. The Bertz CT molecular complexity index is 1180. The van der Waals surface area contributed by atoms with Gasteiger partial charge in [-0.2, -0.15) is 0 Å². The van der Waals surface area contributed by atoms with Gasteiger partial charge in [0, 0.05) is 58.0 Å². The molecule has 2 aliphatic heterocycles. The lowest BCUT2D eigenvalue weighted by Crippen LogP contribution is -2.49. The van der Waals surface area contributed by atoms with Crippen molar-refractivity contribution in [2.24, 2.45) is 0 Å². The molecule has 0 saturated carbocycles. The third kappa shape index (κ3) is 4.17. The second kappa shape index (κ2) is 8.91. The van der Waals surface area contributed by atoms with E-state index in [1.807, 2.05) is 4.90 Å². The normalized spacial score (nSPS) is 17.8. The molecule has 174 valence electrons. The molecule has 0 aliphatic carbocycles. The lowest BCUT2D eigenvalue weighted by atomic mass is 10.1. The van der Waals surface area contributed by atoms with Gasteiger partial charge in [0.2, 0.25) is 0 Å². The highest BCUT2D eigenvalue weighted by Crippen LogP contribution is 2.36. The Morgan fingerprint density at radius 2 is 1.61 bits per heavy atom. The van der Waals surface area contributed by atoms with E-state index in [2.05, 4.69) is 70.7 Å². The molecular weight excluding hydrogens is 432 g/mol. The summed E-state index contributed by atoms with van der Waals surface area (Å²) in [6, 6.07) is 6.59. The Hall–Kier alpha value is -2.71. The molecule has 7 nitrogen and oxygen atoms in total. The van der Waals surface area contributed by atoms with E-state index in [1.54, 1.807) is 6.33 Å². The summed E-state index contributed by atoms with van der Waals surface area (Å²) >= 11 is 1.51. The zero-order valence-electron chi connectivity index (χ0n) is 20.0. The Balaban J connectivity index is 1.36. The molecule has 0 N–H and O–H groups in total. The number of thiophene rings is 1. The summed E-state index contributed by atoms with van der Waals surface area (Å²) < 4.78 is 0. The van der Waals surface area contributed by atoms with Crippen LogP contribution in [-0.2, 0) is 0 Å². The van der Waals surface area contributed by atoms with Crippen LogP contribution in [0.5, 0.6) is 0 Å². The molecule has 8 heteroatoms. The van der Waals surface area contributed by atoms with Crippen molar-refractivity contribution in [3.8, 4) is 0 Å². The van der Waals surface area contributed by atoms with E-state index in [1.165, 1.54) is 28.2 Å². The third-order valence-electron chi connectivity index (χ3n) is 6.98. The van der Waals surface area contributed by atoms with E-state index in [0.717, 1.165) is 78.8 Å². The molecule has 2 saturated heterocycles. The fraction of sp³-hybridized carbons (Fsp3) is 0.480. The molecule has 33 heavy (non-hydrogen) atoms. The first-order valence-corrected chi connectivity index (χ1v) is 12.5. The van der Waals surface area contributed by atoms with Crippen molar-refractivity contribution in [1.82, 2.24) is 19.8 Å². The van der Waals surface area contributed by atoms with Gasteiger partial charge in [-0.05, 0) is 50.6 Å². The summed E-state index contributed by atoms with van der Waals surface area (Å²) in [6.07, 6.45) is 1.64. The van der Waals surface area contributed by atoms with Gasteiger partial charge < -0.3 is 19.6 Å². The molecule has 0 unspecified atom stereocenters. The largest absolute Gasteiger partial charge is 0.368 e. The first kappa shape index (κ1) is 22.1. The predicted molar refractivity (Wildman–Crippen MR) is 136 cm³/mol. The van der Waals surface area contributed by atoms with Crippen LogP contribution in [0.1, 0.15) is 26.4 Å². The summed E-state index contributed by atoms with van der Waals surface area (Å²) in [5.41, 5.74) is 4.86. The number of likely N-dealkylation sites (N-methyl/N-ethyl adjacent to an activating group) is 1. The highest BCUT2D eigenvalue weighted by molar-refractivity contribution is 7.20. The van der Waals surface area contributed by atoms with Gasteiger partial charge in [-0.1, -0.05) is 12.1 Å². The summed E-state index contributed by atoms with van der Waals surface area (Å²) in [4.78, 5) is 33.5. The average Bonchev–Trinajstić information content (AvgIpc) is 3.17. The Morgan fingerprint density at radius 1 is 0.909 bits per heavy atom. The van der Waals surface area contributed by atoms with Gasteiger partial charge in [0.15, 0.2) is 0 Å². The van der Waals surface area contributed by atoms with Gasteiger partial charge in [-0.3, -0.25) is 4.79 Å². The van der Waals surface area contributed by atoms with Crippen molar-refractivity contribution in [2.45, 2.75) is 20.8 Å². The number of anilines is 2. The molecule has 2 aromatic heterocycles. The molecule has 0 atom stereocenters. The van der Waals surface area contributed by atoms with Crippen LogP contribution in [-0.4, -0.2) is 85.1 Å². The number of fused-ring (bicyclic) bond motifs is 1. The van der Waals surface area contributed by atoms with E-state index in [9.17, 15) is 4.79 Å². The van der Waals surface area contributed by atoms with Crippen LogP contribution in [0.25, 0.3) is 10.2 Å². The van der Waals surface area contributed by atoms with Gasteiger partial charge >= 0.3 is 0 Å². The lowest BCUT2D eigenvalue weighted by molar-refractivity contribution is 0.0751. The number of rotatable bonds is 3. The standard InChI is InChI=1S/C25H32N6OS/c1-17-5-6-18(2)20(15-17)29-11-13-31(14-12-29)25(32)22-19(3)21-23(26-16-27-24(21)33-22)30-9-7-28(4)8-10-30/h5-6,15-16H,7-14H2,1-4H3. The Labute approximate surface area is 199 Å². The van der Waals surface area contributed by atoms with Crippen molar-refractivity contribution >= 4 is 39.0 Å². The van der Waals surface area contributed by atoms with Crippen LogP contribution in [0, 0.1) is 20.8 Å². The van der Waals surface area contributed by atoms with E-state index in [4.69, 9.17) is 0 Å². The SMILES string of the molecule is Cc1ccc(C)c(N2CCN(C(=O)c3sc4ncnc(N5CCN(C)CC5)c4c3C)CC2)c1. The highest BCUT2D eigenvalue weighted by atomic mass is 32.1. The summed E-state index contributed by atoms with van der Waals surface area (Å²) in [7, 11) is 2.15. The van der Waals surface area contributed by atoms with Crippen LogP contribution < -0.4 is 9.80 Å². The monoisotopic (exact) mass is 464 g/mol. The number of aryl methyl sites for hydroxylation is 3. The van der Waals surface area contributed by atoms with Crippen molar-refractivity contribution < 1.29 is 4.79 Å². The predicted octanol–water partition coefficient (Wildman–Crippen LogP) is 3.33. The van der Waals surface area contributed by atoms with Crippen molar-refractivity contribution in [2.75, 3.05) is 69.2 Å². The molecule has 0 spiro atoms. The fourth-order valence-electron chi connectivity index (χ4n) is 4.87. The van der Waals surface area contributed by atoms with Crippen LogP contribution in [0.4, 0.5) is 11.5 Å². The number of amides is 1. The maximum Gasteiger partial charge on any atom is 0.264 e. The second-order valence-corrected chi connectivity index (χ2v) is 10.3. The zero-order valence-corrected chi connectivity index (χ0v) is 20.8. The van der Waals surface area contributed by atoms with E-state index >= 15 is 0 Å². The van der Waals surface area contributed by atoms with Gasteiger partial charge in [0.1, 0.15) is 17.0 Å². The summed E-state index contributed by atoms with van der Waals surface area (Å²) in [6.45, 7) is 13.4. The number of nitrogens with zero attached hydrogens (tertiary/aromatic N) is 6. The van der Waals surface area contributed by atoms with Crippen molar-refractivity contribution in [3.63, 3.8) is 0 Å². The first-order chi connectivity index (χ1) is 15.9. The average molecular weight is 465 g/mol. The number of benzene rings is 1. The number of aromatic nitrogens is 2. The summed E-state index contributed by atoms with van der Waals surface area (Å²) in [5.74, 6) is 1.10. The lowest BCUT2D eigenvalue weighted by Gasteiger charge is -2.37. The van der Waals surface area contributed by atoms with E-state index in [-0.39, 0.29) is 5.91 Å². The first-order valence-electron chi connectivity index (χ1n) is 11.7. The number of carbonyl (C=O) groups excluding carboxylic acids is 1. The van der Waals surface area contributed by atoms with Crippen LogP contribution >= 0.6 is 11.3 Å². The molecular formula is C25H32N6OS. The maximum atomic E-state index is 13.5. The number of piperazine rings is 2. The van der Waals surface area contributed by atoms with Gasteiger partial charge in [-0.25, -0.2) is 9.97 Å². The molecule has 0 bridgehead atoms. The number of hydrogen-bond donors (Lipinski definition) is 0. The highest BCUT2D eigenvalue weighted by Gasteiger charge is 2.28. The van der Waals surface area contributed by atoms with E-state index < -0.39 is 0 Å². The van der Waals surface area contributed by atoms with Crippen LogP contribution in [0.2, 0.25) is 0 Å². The number of carbonyl (C=O) groups is 1. The molecule has 5 rings (SSSR count). The molecule has 3 aromatic rings. The van der Waals surface area contributed by atoms with Gasteiger partial charge in [0.05, 0.1) is 10.3 Å². The third-order valence-corrected chi connectivity index (χ3v) is 8.16. The quantitative estimate of drug-likeness (QED) is 0.593. The summed E-state index contributed by atoms with van der Waals surface area (Å²) in [5, 5.41) is 1.05. The molecule has 0 radical (unpaired) electrons. The topological polar surface area (TPSA) is 55.8 Å². The Kier molecular flexibility index (Phi) is 5.97. The Morgan fingerprint density at radius 3 is 2.33 bits per heavy atom. The molecule has 2 fully saturated rings. The fourth-order valence-corrected chi connectivity index (χ4v) is 5.98. The van der Waals surface area contributed by atoms with Crippen LogP contribution in [0.3, 0.4) is 0 Å². The smallest absolute Gasteiger partial charge is 0.264 e. The van der Waals surface area contributed by atoms with Gasteiger partial charge in [-0.15, -0.1) is 11.3 Å². The van der Waals surface area contributed by atoms with E-state index in [0.29, 0.717) is 0 Å². The van der Waals surface area contributed by atoms with Crippen molar-refractivity contribution in [1.29, 1.82) is 0 Å². The molecule has 1 aromatic carbocycles.